The summed E-state index contributed by atoms with van der Waals surface area (Å²) in [6.45, 7) is -0.0431. The van der Waals surface area contributed by atoms with Crippen molar-refractivity contribution in [1.29, 1.82) is 10.7 Å². The summed E-state index contributed by atoms with van der Waals surface area (Å²) in [6, 6.07) is 1.86. The Morgan fingerprint density at radius 3 is 3.06 bits per heavy atom. The van der Waals surface area contributed by atoms with Crippen molar-refractivity contribution in [3.05, 3.63) is 17.7 Å². The second kappa shape index (κ2) is 3.78. The van der Waals surface area contributed by atoms with E-state index in [4.69, 9.17) is 20.1 Å². The lowest BCUT2D eigenvalue weighted by Gasteiger charge is -2.41. The third kappa shape index (κ3) is 1.35. The molecule has 94 valence electrons. The SMILES string of the molecule is N#Cc1ncn2c1C(=N)O[C@@H]1[C@H](O)[C@H](O)CO[C@H]12. The Bertz CT molecular complexity index is 549. The molecule has 3 rings (SSSR count). The third-order valence-electron chi connectivity index (χ3n) is 3.09. The van der Waals surface area contributed by atoms with Crippen LogP contribution >= 0.6 is 0 Å². The van der Waals surface area contributed by atoms with E-state index in [-0.39, 0.29) is 23.9 Å². The fourth-order valence-corrected chi connectivity index (χ4v) is 2.20. The van der Waals surface area contributed by atoms with Crippen LogP contribution in [0, 0.1) is 16.7 Å². The molecule has 0 amide bonds. The zero-order valence-electron chi connectivity index (χ0n) is 9.15. The first-order valence-electron chi connectivity index (χ1n) is 5.33. The maximum absolute atomic E-state index is 9.83. The Balaban J connectivity index is 2.06. The Morgan fingerprint density at radius 2 is 2.33 bits per heavy atom. The van der Waals surface area contributed by atoms with Crippen molar-refractivity contribution in [3.8, 4) is 6.07 Å². The quantitative estimate of drug-likeness (QED) is 0.527. The number of aromatic nitrogens is 2. The molecule has 0 unspecified atom stereocenters. The van der Waals surface area contributed by atoms with Crippen molar-refractivity contribution in [3.63, 3.8) is 0 Å². The standard InChI is InChI=1S/C10H10N4O4/c11-1-4-6-9(12)18-8-7(16)5(15)2-17-10(8)14(6)3-13-4/h3,5,7-8,10,12,15-16H,2H2/t5-,7-,8-,10-/m1/s1. The van der Waals surface area contributed by atoms with Gasteiger partial charge in [0.1, 0.15) is 24.0 Å². The van der Waals surface area contributed by atoms with Crippen LogP contribution in [-0.4, -0.2) is 50.6 Å². The number of fused-ring (bicyclic) bond motifs is 3. The lowest BCUT2D eigenvalue weighted by atomic mass is 10.0. The molecule has 0 radical (unpaired) electrons. The highest BCUT2D eigenvalue weighted by Gasteiger charge is 2.46. The van der Waals surface area contributed by atoms with Crippen LogP contribution in [-0.2, 0) is 9.47 Å². The van der Waals surface area contributed by atoms with E-state index in [1.807, 2.05) is 6.07 Å². The first-order chi connectivity index (χ1) is 8.63. The Morgan fingerprint density at radius 1 is 1.56 bits per heavy atom. The number of rotatable bonds is 0. The molecule has 8 heteroatoms. The van der Waals surface area contributed by atoms with E-state index in [0.717, 1.165) is 0 Å². The number of nitrogens with one attached hydrogen (secondary N) is 1. The molecule has 1 fully saturated rings. The monoisotopic (exact) mass is 250 g/mol. The van der Waals surface area contributed by atoms with Gasteiger partial charge in [0.05, 0.1) is 12.9 Å². The lowest BCUT2D eigenvalue weighted by molar-refractivity contribution is -0.211. The van der Waals surface area contributed by atoms with Crippen LogP contribution in [0.1, 0.15) is 17.6 Å². The van der Waals surface area contributed by atoms with Gasteiger partial charge in [0.25, 0.3) is 0 Å². The third-order valence-corrected chi connectivity index (χ3v) is 3.09. The highest BCUT2D eigenvalue weighted by molar-refractivity contribution is 5.92. The Hall–Kier alpha value is -1.95. The van der Waals surface area contributed by atoms with Gasteiger partial charge >= 0.3 is 0 Å². The fourth-order valence-electron chi connectivity index (χ4n) is 2.20. The molecular weight excluding hydrogens is 240 g/mol. The molecule has 4 atom stereocenters. The summed E-state index contributed by atoms with van der Waals surface area (Å²) in [4.78, 5) is 3.86. The summed E-state index contributed by atoms with van der Waals surface area (Å²) in [6.07, 6.45) is -2.41. The highest BCUT2D eigenvalue weighted by atomic mass is 16.6. The van der Waals surface area contributed by atoms with Crippen molar-refractivity contribution < 1.29 is 19.7 Å². The minimum atomic E-state index is -1.15. The lowest BCUT2D eigenvalue weighted by Crippen LogP contribution is -2.55. The smallest absolute Gasteiger partial charge is 0.234 e. The van der Waals surface area contributed by atoms with E-state index in [1.54, 1.807) is 0 Å². The molecule has 0 bridgehead atoms. The number of nitriles is 1. The summed E-state index contributed by atoms with van der Waals surface area (Å²) in [5, 5.41) is 35.9. The first-order valence-corrected chi connectivity index (χ1v) is 5.33. The molecule has 3 N–H and O–H groups in total. The van der Waals surface area contributed by atoms with E-state index in [0.29, 0.717) is 0 Å². The highest BCUT2D eigenvalue weighted by Crippen LogP contribution is 2.33. The predicted octanol–water partition coefficient (Wildman–Crippen LogP) is -1.27. The average Bonchev–Trinajstić information content (AvgIpc) is 2.79. The minimum Gasteiger partial charge on any atom is -0.465 e. The molecule has 0 saturated carbocycles. The zero-order chi connectivity index (χ0) is 12.9. The first kappa shape index (κ1) is 11.2. The molecule has 0 spiro atoms. The summed E-state index contributed by atoms with van der Waals surface area (Å²) >= 11 is 0. The van der Waals surface area contributed by atoms with Gasteiger partial charge in [-0.2, -0.15) is 5.26 Å². The maximum Gasteiger partial charge on any atom is 0.234 e. The van der Waals surface area contributed by atoms with E-state index < -0.39 is 24.5 Å². The zero-order valence-corrected chi connectivity index (χ0v) is 9.15. The summed E-state index contributed by atoms with van der Waals surface area (Å²) in [5.74, 6) is -0.262. The van der Waals surface area contributed by atoms with Gasteiger partial charge in [0, 0.05) is 0 Å². The molecule has 1 aromatic heterocycles. The van der Waals surface area contributed by atoms with Crippen LogP contribution in [0.3, 0.4) is 0 Å². The van der Waals surface area contributed by atoms with Gasteiger partial charge in [-0.15, -0.1) is 0 Å². The average molecular weight is 250 g/mol. The summed E-state index contributed by atoms with van der Waals surface area (Å²) in [5.41, 5.74) is 0.296. The van der Waals surface area contributed by atoms with E-state index >= 15 is 0 Å². The van der Waals surface area contributed by atoms with Gasteiger partial charge in [-0.1, -0.05) is 0 Å². The van der Waals surface area contributed by atoms with E-state index in [9.17, 15) is 10.2 Å². The largest absolute Gasteiger partial charge is 0.465 e. The molecule has 2 aliphatic heterocycles. The van der Waals surface area contributed by atoms with Crippen LogP contribution in [0.5, 0.6) is 0 Å². The van der Waals surface area contributed by atoms with Crippen LogP contribution < -0.4 is 0 Å². The molecule has 2 aliphatic rings. The molecule has 18 heavy (non-hydrogen) atoms. The van der Waals surface area contributed by atoms with Crippen LogP contribution in [0.2, 0.25) is 0 Å². The van der Waals surface area contributed by atoms with Crippen molar-refractivity contribution in [2.45, 2.75) is 24.5 Å². The molecule has 3 heterocycles. The number of aliphatic hydroxyl groups is 2. The van der Waals surface area contributed by atoms with Crippen LogP contribution in [0.15, 0.2) is 6.33 Å². The minimum absolute atomic E-state index is 0.0431. The fraction of sp³-hybridized carbons (Fsp3) is 0.500. The van der Waals surface area contributed by atoms with Crippen molar-refractivity contribution in [1.82, 2.24) is 9.55 Å². The van der Waals surface area contributed by atoms with Gasteiger partial charge in [-0.05, 0) is 0 Å². The van der Waals surface area contributed by atoms with Crippen molar-refractivity contribution >= 4 is 5.90 Å². The number of hydrogen-bond donors (Lipinski definition) is 3. The number of nitrogens with zero attached hydrogens (tertiary/aromatic N) is 3. The topological polar surface area (TPSA) is 124 Å². The van der Waals surface area contributed by atoms with Crippen LogP contribution in [0.25, 0.3) is 0 Å². The Kier molecular flexibility index (Phi) is 2.34. The van der Waals surface area contributed by atoms with Gasteiger partial charge in [-0.25, -0.2) is 4.98 Å². The van der Waals surface area contributed by atoms with E-state index in [1.165, 1.54) is 10.9 Å². The maximum atomic E-state index is 9.83. The van der Waals surface area contributed by atoms with Crippen LogP contribution in [0.4, 0.5) is 0 Å². The number of hydrogen-bond acceptors (Lipinski definition) is 7. The summed E-state index contributed by atoms with van der Waals surface area (Å²) < 4.78 is 12.1. The molecular formula is C10H10N4O4. The van der Waals surface area contributed by atoms with Gasteiger partial charge in [0.15, 0.2) is 18.0 Å². The molecule has 1 aromatic rings. The predicted molar refractivity (Wildman–Crippen MR) is 55.6 cm³/mol. The molecule has 8 nitrogen and oxygen atoms in total. The molecule has 0 aromatic carbocycles. The number of imidazole rings is 1. The summed E-state index contributed by atoms with van der Waals surface area (Å²) in [7, 11) is 0. The van der Waals surface area contributed by atoms with Gasteiger partial charge in [-0.3, -0.25) is 9.98 Å². The van der Waals surface area contributed by atoms with Crippen molar-refractivity contribution in [2.24, 2.45) is 0 Å². The Labute approximate surface area is 102 Å². The van der Waals surface area contributed by atoms with Crippen molar-refractivity contribution in [2.75, 3.05) is 6.61 Å². The number of ether oxygens (including phenoxy) is 2. The van der Waals surface area contributed by atoms with Gasteiger partial charge < -0.3 is 19.7 Å². The molecule has 1 saturated heterocycles. The number of aliphatic hydroxyl groups excluding tert-OH is 2. The molecule has 0 aliphatic carbocycles. The normalized spacial score (nSPS) is 34.2. The van der Waals surface area contributed by atoms with Gasteiger partial charge in [0.2, 0.25) is 5.90 Å². The van der Waals surface area contributed by atoms with E-state index in [2.05, 4.69) is 4.98 Å². The second-order valence-electron chi connectivity index (χ2n) is 4.15. The second-order valence-corrected chi connectivity index (χ2v) is 4.15.